The third-order valence-corrected chi connectivity index (χ3v) is 2.96. The number of hydrogen-bond acceptors (Lipinski definition) is 6. The van der Waals surface area contributed by atoms with Crippen molar-refractivity contribution in [3.63, 3.8) is 0 Å². The van der Waals surface area contributed by atoms with Gasteiger partial charge >= 0.3 is 5.97 Å². The fourth-order valence-corrected chi connectivity index (χ4v) is 1.98. The van der Waals surface area contributed by atoms with E-state index in [9.17, 15) is 14.7 Å². The number of esters is 1. The second kappa shape index (κ2) is 5.87. The molecular formula is C15H15O6-. The van der Waals surface area contributed by atoms with Gasteiger partial charge in [0.2, 0.25) is 0 Å². The fourth-order valence-electron chi connectivity index (χ4n) is 1.98. The van der Waals surface area contributed by atoms with E-state index < -0.39 is 18.0 Å². The normalized spacial score (nSPS) is 12.1. The van der Waals surface area contributed by atoms with Crippen LogP contribution in [0.2, 0.25) is 0 Å². The Hall–Kier alpha value is -2.50. The van der Waals surface area contributed by atoms with Crippen molar-refractivity contribution in [1.82, 2.24) is 0 Å². The molecular weight excluding hydrogens is 276 g/mol. The first-order valence-electron chi connectivity index (χ1n) is 6.51. The van der Waals surface area contributed by atoms with Gasteiger partial charge in [0.15, 0.2) is 0 Å². The van der Waals surface area contributed by atoms with Crippen molar-refractivity contribution >= 4 is 22.9 Å². The van der Waals surface area contributed by atoms with Crippen LogP contribution in [0, 0.1) is 6.92 Å². The van der Waals surface area contributed by atoms with Crippen LogP contribution in [-0.4, -0.2) is 24.6 Å². The van der Waals surface area contributed by atoms with Crippen LogP contribution in [0.3, 0.4) is 0 Å². The molecule has 0 bridgehead atoms. The zero-order chi connectivity index (χ0) is 15.6. The van der Waals surface area contributed by atoms with Gasteiger partial charge in [0.05, 0.1) is 12.6 Å². The van der Waals surface area contributed by atoms with Crippen molar-refractivity contribution < 1.29 is 28.6 Å². The minimum atomic E-state index is -1.32. The number of ether oxygens (including phenoxy) is 2. The number of fused-ring (bicyclic) bond motifs is 1. The van der Waals surface area contributed by atoms with Crippen molar-refractivity contribution in [2.24, 2.45) is 0 Å². The molecule has 112 valence electrons. The average molecular weight is 291 g/mol. The third kappa shape index (κ3) is 2.99. The Morgan fingerprint density at radius 3 is 2.71 bits per heavy atom. The topological polar surface area (TPSA) is 88.8 Å². The molecule has 1 aromatic carbocycles. The summed E-state index contributed by atoms with van der Waals surface area (Å²) in [5.41, 5.74) is 0.822. The fraction of sp³-hybridized carbons (Fsp3) is 0.333. The number of aryl methyl sites for hydroxylation is 1. The second-order valence-electron chi connectivity index (χ2n) is 4.49. The number of aliphatic carboxylic acids is 1. The van der Waals surface area contributed by atoms with E-state index in [0.29, 0.717) is 28.0 Å². The van der Waals surface area contributed by atoms with Crippen LogP contribution in [0.5, 0.6) is 5.75 Å². The van der Waals surface area contributed by atoms with Crippen LogP contribution >= 0.6 is 0 Å². The number of furan rings is 1. The molecule has 0 saturated carbocycles. The molecule has 0 aliphatic rings. The summed E-state index contributed by atoms with van der Waals surface area (Å²) >= 11 is 0. The van der Waals surface area contributed by atoms with Gasteiger partial charge in [0, 0.05) is 5.39 Å². The molecule has 6 nitrogen and oxygen atoms in total. The largest absolute Gasteiger partial charge is 0.546 e. The molecule has 0 fully saturated rings. The summed E-state index contributed by atoms with van der Waals surface area (Å²) in [6.45, 7) is 5.00. The molecule has 0 amide bonds. The Morgan fingerprint density at radius 2 is 2.10 bits per heavy atom. The zero-order valence-corrected chi connectivity index (χ0v) is 12.0. The summed E-state index contributed by atoms with van der Waals surface area (Å²) < 4.78 is 15.7. The van der Waals surface area contributed by atoms with Gasteiger partial charge in [0.25, 0.3) is 0 Å². The summed E-state index contributed by atoms with van der Waals surface area (Å²) in [6.07, 6.45) is -1.10. The maximum Gasteiger partial charge on any atom is 0.342 e. The molecule has 2 rings (SSSR count). The summed E-state index contributed by atoms with van der Waals surface area (Å²) in [5.74, 6) is -1.05. The Kier molecular flexibility index (Phi) is 4.16. The molecule has 0 unspecified atom stereocenters. The van der Waals surface area contributed by atoms with Gasteiger partial charge in [-0.2, -0.15) is 0 Å². The molecule has 0 aliphatic carbocycles. The third-order valence-electron chi connectivity index (χ3n) is 2.96. The highest BCUT2D eigenvalue weighted by molar-refractivity contribution is 6.04. The average Bonchev–Trinajstić information content (AvgIpc) is 2.74. The van der Waals surface area contributed by atoms with E-state index in [0.717, 1.165) is 0 Å². The van der Waals surface area contributed by atoms with Crippen molar-refractivity contribution in [3.05, 3.63) is 29.5 Å². The summed E-state index contributed by atoms with van der Waals surface area (Å²) in [7, 11) is 0. The molecule has 0 spiro atoms. The van der Waals surface area contributed by atoms with Gasteiger partial charge in [-0.1, -0.05) is 0 Å². The second-order valence-corrected chi connectivity index (χ2v) is 4.49. The lowest BCUT2D eigenvalue weighted by molar-refractivity contribution is -0.312. The molecule has 0 saturated heterocycles. The number of carboxylic acids is 1. The van der Waals surface area contributed by atoms with E-state index in [1.807, 2.05) is 0 Å². The van der Waals surface area contributed by atoms with Crippen LogP contribution < -0.4 is 9.84 Å². The molecule has 1 heterocycles. The number of carboxylic acid groups (broad SMARTS) is 1. The van der Waals surface area contributed by atoms with E-state index >= 15 is 0 Å². The lowest BCUT2D eigenvalue weighted by atomic mass is 10.1. The smallest absolute Gasteiger partial charge is 0.342 e. The molecule has 1 aromatic heterocycles. The first kappa shape index (κ1) is 14.9. The minimum Gasteiger partial charge on any atom is -0.546 e. The predicted molar refractivity (Wildman–Crippen MR) is 72.0 cm³/mol. The molecule has 21 heavy (non-hydrogen) atoms. The number of carbonyl (C=O) groups is 2. The van der Waals surface area contributed by atoms with Crippen molar-refractivity contribution in [3.8, 4) is 5.75 Å². The quantitative estimate of drug-likeness (QED) is 0.774. The van der Waals surface area contributed by atoms with Crippen LogP contribution in [0.1, 0.15) is 30.0 Å². The first-order chi connectivity index (χ1) is 9.93. The number of rotatable bonds is 5. The lowest BCUT2D eigenvalue weighted by Gasteiger charge is -2.15. The highest BCUT2D eigenvalue weighted by Gasteiger charge is 2.20. The Bertz CT molecular complexity index is 685. The van der Waals surface area contributed by atoms with Crippen LogP contribution in [0.4, 0.5) is 0 Å². The van der Waals surface area contributed by atoms with Gasteiger partial charge in [-0.15, -0.1) is 0 Å². The maximum atomic E-state index is 12.0. The number of carbonyl (C=O) groups excluding carboxylic acids is 2. The van der Waals surface area contributed by atoms with Crippen molar-refractivity contribution in [2.45, 2.75) is 26.9 Å². The SMILES string of the molecule is CCOC(=O)c1c(C)oc2ccc(O[C@@H](C)C(=O)[O-])cc12. The predicted octanol–water partition coefficient (Wildman–Crippen LogP) is 1.44. The van der Waals surface area contributed by atoms with E-state index in [1.54, 1.807) is 32.0 Å². The number of hydrogen-bond donors (Lipinski definition) is 0. The molecule has 0 N–H and O–H groups in total. The minimum absolute atomic E-state index is 0.253. The molecule has 6 heteroatoms. The Balaban J connectivity index is 2.43. The molecule has 1 atom stereocenters. The summed E-state index contributed by atoms with van der Waals surface area (Å²) in [6, 6.07) is 4.74. The molecule has 0 aliphatic heterocycles. The van der Waals surface area contributed by atoms with Gasteiger partial charge in [0.1, 0.15) is 28.8 Å². The van der Waals surface area contributed by atoms with E-state index in [2.05, 4.69) is 0 Å². The molecule has 0 radical (unpaired) electrons. The van der Waals surface area contributed by atoms with Gasteiger partial charge in [-0.3, -0.25) is 0 Å². The van der Waals surface area contributed by atoms with Crippen LogP contribution in [0.25, 0.3) is 11.0 Å². The van der Waals surface area contributed by atoms with Gasteiger partial charge in [-0.25, -0.2) is 4.79 Å². The van der Waals surface area contributed by atoms with Crippen molar-refractivity contribution in [2.75, 3.05) is 6.61 Å². The lowest BCUT2D eigenvalue weighted by Crippen LogP contribution is -2.37. The van der Waals surface area contributed by atoms with E-state index in [1.165, 1.54) is 6.92 Å². The zero-order valence-electron chi connectivity index (χ0n) is 12.0. The summed E-state index contributed by atoms with van der Waals surface area (Å²) in [4.78, 5) is 22.7. The van der Waals surface area contributed by atoms with Gasteiger partial charge in [-0.05, 0) is 39.0 Å². The van der Waals surface area contributed by atoms with E-state index in [-0.39, 0.29) is 6.61 Å². The first-order valence-corrected chi connectivity index (χ1v) is 6.51. The van der Waals surface area contributed by atoms with Crippen LogP contribution in [0.15, 0.2) is 22.6 Å². The maximum absolute atomic E-state index is 12.0. The summed E-state index contributed by atoms with van der Waals surface area (Å²) in [5, 5.41) is 11.2. The highest BCUT2D eigenvalue weighted by Crippen LogP contribution is 2.30. The van der Waals surface area contributed by atoms with Crippen LogP contribution in [-0.2, 0) is 9.53 Å². The van der Waals surface area contributed by atoms with E-state index in [4.69, 9.17) is 13.9 Å². The monoisotopic (exact) mass is 291 g/mol. The van der Waals surface area contributed by atoms with Gasteiger partial charge < -0.3 is 23.8 Å². The Labute approximate surface area is 121 Å². The Morgan fingerprint density at radius 1 is 1.38 bits per heavy atom. The standard InChI is InChI=1S/C15H16O6/c1-4-19-15(18)13-8(2)21-12-6-5-10(7-11(12)13)20-9(3)14(16)17/h5-7,9H,4H2,1-3H3,(H,16,17)/p-1/t9-/m0/s1. The van der Waals surface area contributed by atoms with Crippen molar-refractivity contribution in [1.29, 1.82) is 0 Å². The highest BCUT2D eigenvalue weighted by atomic mass is 16.5. The number of benzene rings is 1. The molecule has 2 aromatic rings.